The molecule has 2 aliphatic rings. The predicted molar refractivity (Wildman–Crippen MR) is 197 cm³/mol. The van der Waals surface area contributed by atoms with Crippen molar-refractivity contribution < 1.29 is 14.2 Å². The Kier molecular flexibility index (Phi) is 6.30. The van der Waals surface area contributed by atoms with Crippen molar-refractivity contribution in [3.8, 4) is 22.3 Å². The summed E-state index contributed by atoms with van der Waals surface area (Å²) >= 11 is -4.82. The second-order valence-electron chi connectivity index (χ2n) is 18.9. The van der Waals surface area contributed by atoms with Crippen molar-refractivity contribution in [2.75, 3.05) is 0 Å². The summed E-state index contributed by atoms with van der Waals surface area (Å²) in [5.74, 6) is 0. The molecule has 2 aliphatic carbocycles. The van der Waals surface area contributed by atoms with Gasteiger partial charge in [-0.25, -0.2) is 0 Å². The zero-order valence-corrected chi connectivity index (χ0v) is 34.3. The summed E-state index contributed by atoms with van der Waals surface area (Å²) in [4.78, 5) is 0. The van der Waals surface area contributed by atoms with E-state index in [1.54, 1.807) is 0 Å². The third kappa shape index (κ3) is 4.37. The molecule has 228 valence electrons. The Morgan fingerprint density at radius 2 is 0.818 bits per heavy atom. The summed E-state index contributed by atoms with van der Waals surface area (Å²) in [6.45, 7) is 20.7. The molecule has 4 aromatic rings. The molecule has 0 spiro atoms. The van der Waals surface area contributed by atoms with Gasteiger partial charge in [0.1, 0.15) is 0 Å². The van der Waals surface area contributed by atoms with Gasteiger partial charge in [0.15, 0.2) is 0 Å². The van der Waals surface area contributed by atoms with Gasteiger partial charge in [0.05, 0.1) is 0 Å². The molecule has 0 nitrogen and oxygen atoms in total. The molecule has 6 rings (SSSR count). The summed E-state index contributed by atoms with van der Waals surface area (Å²) in [6, 6.07) is 19.0. The van der Waals surface area contributed by atoms with Gasteiger partial charge in [-0.15, -0.1) is 0 Å². The standard InChI is InChI=1S/2C19H19.4CH3.Hf.H2Si/c2*1-12-11-13(2)15(4)19(14(12)3)18-10-6-8-16-7-5-9-17(16)18;;;;;;/h2*5-11H,1-4H3;4*1H3;;1H2. The fraction of sp³-hybridized carbons (Fsp3) is 0.333. The van der Waals surface area contributed by atoms with Gasteiger partial charge in [0.2, 0.25) is 0 Å². The fourth-order valence-corrected chi connectivity index (χ4v) is 38.0. The first-order valence-corrected chi connectivity index (χ1v) is 43.4. The van der Waals surface area contributed by atoms with Crippen molar-refractivity contribution in [3.63, 3.8) is 0 Å². The molecule has 0 saturated heterocycles. The maximum atomic E-state index is 2.75. The van der Waals surface area contributed by atoms with Gasteiger partial charge in [-0.2, -0.15) is 0 Å². The van der Waals surface area contributed by atoms with E-state index < -0.39 is 14.2 Å². The predicted octanol–water partition coefficient (Wildman–Crippen LogP) is 11.8. The minimum absolute atomic E-state index is 0.396. The number of aryl methyl sites for hydroxylation is 4. The molecule has 0 aliphatic heterocycles. The van der Waals surface area contributed by atoms with Gasteiger partial charge in [-0.1, -0.05) is 0 Å². The van der Waals surface area contributed by atoms with E-state index in [0.717, 1.165) is 0 Å². The zero-order chi connectivity index (χ0) is 32.3. The Morgan fingerprint density at radius 3 is 1.14 bits per heavy atom. The van der Waals surface area contributed by atoms with Gasteiger partial charge in [-0.05, 0) is 0 Å². The molecule has 0 saturated carbocycles. The first kappa shape index (κ1) is 31.4. The summed E-state index contributed by atoms with van der Waals surface area (Å²) < 4.78 is 11.8. The zero-order valence-electron chi connectivity index (χ0n) is 29.3. The van der Waals surface area contributed by atoms with Crippen molar-refractivity contribution in [3.05, 3.63) is 127 Å². The molecule has 0 radical (unpaired) electrons. The summed E-state index contributed by atoms with van der Waals surface area (Å²) in [5.41, 5.74) is 22.7. The molecule has 0 aromatic heterocycles. The quantitative estimate of drug-likeness (QED) is 0.182. The number of allylic oxidation sites excluding steroid dienone is 2. The van der Waals surface area contributed by atoms with Gasteiger partial charge in [0, 0.05) is 0 Å². The first-order valence-electron chi connectivity index (χ1n) is 16.6. The number of benzene rings is 4. The molecule has 0 fully saturated rings. The number of fused-ring (bicyclic) bond motifs is 2. The summed E-state index contributed by atoms with van der Waals surface area (Å²) in [5, 5.41) is 0. The van der Waals surface area contributed by atoms with E-state index in [4.69, 9.17) is 0 Å². The first-order chi connectivity index (χ1) is 20.2. The van der Waals surface area contributed by atoms with E-state index >= 15 is 0 Å². The van der Waals surface area contributed by atoms with Crippen molar-refractivity contribution in [1.29, 1.82) is 0 Å². The van der Waals surface area contributed by atoms with Crippen LogP contribution in [0.3, 0.4) is 0 Å². The molecule has 0 N–H and O–H groups in total. The van der Waals surface area contributed by atoms with E-state index in [1.165, 1.54) is 89.0 Å². The Labute approximate surface area is 262 Å². The molecule has 2 heteroatoms. The van der Waals surface area contributed by atoms with Crippen LogP contribution in [0.4, 0.5) is 0 Å². The van der Waals surface area contributed by atoms with Crippen LogP contribution in [0.5, 0.6) is 0 Å². The van der Waals surface area contributed by atoms with Crippen LogP contribution < -0.4 is 0 Å². The molecule has 44 heavy (non-hydrogen) atoms. The number of rotatable bonds is 4. The van der Waals surface area contributed by atoms with Gasteiger partial charge < -0.3 is 0 Å². The third-order valence-electron chi connectivity index (χ3n) is 12.4. The number of hydrogen-bond acceptors (Lipinski definition) is 0. The van der Waals surface area contributed by atoms with E-state index in [-0.39, 0.29) is 0 Å². The molecule has 2 atom stereocenters. The molecular formula is C42H52HfSi. The Hall–Kier alpha value is -2.55. The maximum absolute atomic E-state index is 4.82. The Bertz CT molecular complexity index is 1930. The normalized spacial score (nSPS) is 19.7. The molecule has 2 unspecified atom stereocenters. The van der Waals surface area contributed by atoms with Crippen LogP contribution in [0.1, 0.15) is 74.1 Å². The third-order valence-corrected chi connectivity index (χ3v) is 46.9. The monoisotopic (exact) mass is 764 g/mol. The summed E-state index contributed by atoms with van der Waals surface area (Å²) in [7, 11) is 0. The van der Waals surface area contributed by atoms with Gasteiger partial charge in [-0.3, -0.25) is 0 Å². The van der Waals surface area contributed by atoms with Crippen molar-refractivity contribution in [1.82, 2.24) is 0 Å². The van der Waals surface area contributed by atoms with Crippen LogP contribution in [0, 0.1) is 55.4 Å². The molecule has 0 heterocycles. The molecule has 4 aromatic carbocycles. The average Bonchev–Trinajstić information content (AvgIpc) is 3.58. The minimum atomic E-state index is -4.82. The van der Waals surface area contributed by atoms with E-state index in [0.29, 0.717) is 7.35 Å². The molecular weight excluding hydrogens is 711 g/mol. The fourth-order valence-electron chi connectivity index (χ4n) is 9.20. The van der Waals surface area contributed by atoms with Crippen LogP contribution >= 0.6 is 0 Å². The Morgan fingerprint density at radius 1 is 0.500 bits per heavy atom. The number of hydrogen-bond donors (Lipinski definition) is 0. The summed E-state index contributed by atoms with van der Waals surface area (Å²) in [6.07, 6.45) is 10.2. The molecule has 0 bridgehead atoms. The van der Waals surface area contributed by atoms with E-state index in [1.807, 2.05) is 0 Å². The second kappa shape index (κ2) is 8.83. The van der Waals surface area contributed by atoms with Gasteiger partial charge in [0.25, 0.3) is 0 Å². The van der Waals surface area contributed by atoms with Crippen molar-refractivity contribution in [2.24, 2.45) is 0 Å². The van der Waals surface area contributed by atoms with Crippen LogP contribution in [-0.2, 0) is 14.2 Å². The average molecular weight is 763 g/mol. The SMILES string of the molecule is Cc1cc(C)c(C)c(-c2cccc3c2C=C[CH]3[Hf]([CH3])([CH3])([CH3])([CH3])(=[SiH2])[CH]2C=Cc3c(-c4c(C)c(C)cc(C)c4C)cccc32)c1C. The van der Waals surface area contributed by atoms with Crippen molar-refractivity contribution >= 4 is 19.1 Å². The van der Waals surface area contributed by atoms with E-state index in [2.05, 4.69) is 154 Å². The second-order valence-corrected chi connectivity index (χ2v) is 106. The van der Waals surface area contributed by atoms with Crippen LogP contribution in [0.2, 0.25) is 18.7 Å². The van der Waals surface area contributed by atoms with Crippen LogP contribution in [0.25, 0.3) is 34.4 Å². The van der Waals surface area contributed by atoms with Crippen LogP contribution in [0.15, 0.2) is 60.7 Å². The van der Waals surface area contributed by atoms with Crippen molar-refractivity contribution in [2.45, 2.75) is 81.5 Å². The topological polar surface area (TPSA) is 0 Å². The molecule has 0 amide bonds. The Balaban J connectivity index is 1.56. The van der Waals surface area contributed by atoms with E-state index in [9.17, 15) is 0 Å². The van der Waals surface area contributed by atoms with Gasteiger partial charge >= 0.3 is 264 Å². The van der Waals surface area contributed by atoms with Crippen LogP contribution in [-0.4, -0.2) is 6.94 Å².